The van der Waals surface area contributed by atoms with E-state index < -0.39 is 11.7 Å². The number of hydrazine groups is 1. The van der Waals surface area contributed by atoms with Gasteiger partial charge in [0, 0.05) is 19.1 Å². The van der Waals surface area contributed by atoms with Crippen LogP contribution in [0.15, 0.2) is 30.3 Å². The van der Waals surface area contributed by atoms with E-state index in [1.165, 1.54) is 5.56 Å². The Hall–Kier alpha value is -1.59. The minimum Gasteiger partial charge on any atom is -0.443 e. The quantitative estimate of drug-likeness (QED) is 0.820. The van der Waals surface area contributed by atoms with Crippen molar-refractivity contribution in [1.82, 2.24) is 15.8 Å². The largest absolute Gasteiger partial charge is 0.443 e. The second kappa shape index (κ2) is 8.31. The number of nitrogens with zero attached hydrogens (tertiary/aromatic N) is 1. The molecule has 1 aromatic carbocycles. The molecule has 1 fully saturated rings. The molecule has 1 aliphatic heterocycles. The lowest BCUT2D eigenvalue weighted by atomic mass is 10.1. The molecule has 1 aliphatic rings. The summed E-state index contributed by atoms with van der Waals surface area (Å²) in [7, 11) is 0. The number of carbonyl (C=O) groups excluding carboxylic acids is 1. The van der Waals surface area contributed by atoms with Crippen molar-refractivity contribution in [2.24, 2.45) is 0 Å². The molecule has 0 saturated carbocycles. The second-order valence-corrected chi connectivity index (χ2v) is 7.15. The number of hydrogen-bond acceptors (Lipinski definition) is 4. The molecule has 0 radical (unpaired) electrons. The van der Waals surface area contributed by atoms with Gasteiger partial charge in [-0.25, -0.2) is 10.2 Å². The summed E-state index contributed by atoms with van der Waals surface area (Å²) in [6.07, 6.45) is 2.85. The number of ether oxygens (including phenoxy) is 1. The molecule has 1 aromatic rings. The highest BCUT2D eigenvalue weighted by atomic mass is 16.6. The van der Waals surface area contributed by atoms with Gasteiger partial charge < -0.3 is 9.64 Å². The molecule has 1 atom stereocenters. The number of amides is 1. The van der Waals surface area contributed by atoms with Crippen molar-refractivity contribution >= 4 is 6.09 Å². The fourth-order valence-electron chi connectivity index (χ4n) is 2.77. The van der Waals surface area contributed by atoms with E-state index in [-0.39, 0.29) is 6.04 Å². The van der Waals surface area contributed by atoms with Gasteiger partial charge in [-0.2, -0.15) is 0 Å². The first-order valence-corrected chi connectivity index (χ1v) is 8.43. The fourth-order valence-corrected chi connectivity index (χ4v) is 2.77. The molecular formula is C18H29N3O2. The summed E-state index contributed by atoms with van der Waals surface area (Å²) in [4.78, 5) is 14.1. The zero-order valence-corrected chi connectivity index (χ0v) is 14.5. The van der Waals surface area contributed by atoms with Gasteiger partial charge in [-0.1, -0.05) is 30.3 Å². The van der Waals surface area contributed by atoms with Gasteiger partial charge >= 0.3 is 6.09 Å². The third-order valence-corrected chi connectivity index (χ3v) is 3.84. The van der Waals surface area contributed by atoms with Crippen molar-refractivity contribution < 1.29 is 9.53 Å². The van der Waals surface area contributed by atoms with E-state index in [4.69, 9.17) is 4.74 Å². The van der Waals surface area contributed by atoms with Crippen molar-refractivity contribution in [1.29, 1.82) is 0 Å². The van der Waals surface area contributed by atoms with E-state index >= 15 is 0 Å². The summed E-state index contributed by atoms with van der Waals surface area (Å²) in [6.45, 7) is 8.70. The third-order valence-electron chi connectivity index (χ3n) is 3.84. The van der Waals surface area contributed by atoms with Crippen LogP contribution in [0.4, 0.5) is 4.79 Å². The van der Waals surface area contributed by atoms with Gasteiger partial charge in [0.25, 0.3) is 0 Å². The van der Waals surface area contributed by atoms with Gasteiger partial charge in [-0.3, -0.25) is 5.43 Å². The van der Waals surface area contributed by atoms with Crippen LogP contribution >= 0.6 is 0 Å². The zero-order chi connectivity index (χ0) is 16.7. The Labute approximate surface area is 139 Å². The third kappa shape index (κ3) is 7.01. The Morgan fingerprint density at radius 1 is 1.30 bits per heavy atom. The Balaban J connectivity index is 1.70. The SMILES string of the molecule is CC(C)(C)OC(=O)NN[C@H]1CCCN(CCc2ccccc2)C1. The summed E-state index contributed by atoms with van der Waals surface area (Å²) in [5, 5.41) is 0. The molecule has 128 valence electrons. The molecule has 2 rings (SSSR count). The highest BCUT2D eigenvalue weighted by Crippen LogP contribution is 2.11. The van der Waals surface area contributed by atoms with Crippen molar-refractivity contribution in [3.63, 3.8) is 0 Å². The summed E-state index contributed by atoms with van der Waals surface area (Å²) >= 11 is 0. The summed E-state index contributed by atoms with van der Waals surface area (Å²) in [5.41, 5.74) is 6.67. The zero-order valence-electron chi connectivity index (χ0n) is 14.5. The average molecular weight is 319 g/mol. The molecule has 1 heterocycles. The Kier molecular flexibility index (Phi) is 6.42. The maximum Gasteiger partial charge on any atom is 0.422 e. The molecular weight excluding hydrogens is 290 g/mol. The number of benzene rings is 1. The van der Waals surface area contributed by atoms with Crippen LogP contribution < -0.4 is 10.9 Å². The molecule has 0 aliphatic carbocycles. The lowest BCUT2D eigenvalue weighted by molar-refractivity contribution is 0.0472. The van der Waals surface area contributed by atoms with Crippen LogP contribution in [0, 0.1) is 0 Å². The van der Waals surface area contributed by atoms with Crippen LogP contribution in [0.25, 0.3) is 0 Å². The lowest BCUT2D eigenvalue weighted by Gasteiger charge is -2.33. The maximum absolute atomic E-state index is 11.7. The second-order valence-electron chi connectivity index (χ2n) is 7.15. The minimum atomic E-state index is -0.472. The van der Waals surface area contributed by atoms with Gasteiger partial charge in [0.1, 0.15) is 5.60 Å². The van der Waals surface area contributed by atoms with E-state index in [1.54, 1.807) is 0 Å². The number of nitrogens with one attached hydrogen (secondary N) is 2. The van der Waals surface area contributed by atoms with E-state index in [2.05, 4.69) is 40.0 Å². The van der Waals surface area contributed by atoms with Gasteiger partial charge in [-0.05, 0) is 52.1 Å². The Morgan fingerprint density at radius 2 is 2.04 bits per heavy atom. The molecule has 5 nitrogen and oxygen atoms in total. The van der Waals surface area contributed by atoms with Crippen molar-refractivity contribution in [2.75, 3.05) is 19.6 Å². The van der Waals surface area contributed by atoms with Gasteiger partial charge in [0.2, 0.25) is 0 Å². The average Bonchev–Trinajstić information content (AvgIpc) is 2.51. The molecule has 5 heteroatoms. The van der Waals surface area contributed by atoms with E-state index in [9.17, 15) is 4.79 Å². The molecule has 0 spiro atoms. The van der Waals surface area contributed by atoms with Crippen LogP contribution in [-0.2, 0) is 11.2 Å². The van der Waals surface area contributed by atoms with E-state index in [1.807, 2.05) is 26.8 Å². The first-order valence-electron chi connectivity index (χ1n) is 8.43. The number of carbonyl (C=O) groups is 1. The Bertz CT molecular complexity index is 485. The molecule has 0 aromatic heterocycles. The smallest absolute Gasteiger partial charge is 0.422 e. The topological polar surface area (TPSA) is 53.6 Å². The lowest BCUT2D eigenvalue weighted by Crippen LogP contribution is -2.53. The predicted octanol–water partition coefficient (Wildman–Crippen LogP) is 2.72. The normalized spacial score (nSPS) is 19.3. The first kappa shape index (κ1) is 17.8. The van der Waals surface area contributed by atoms with Crippen LogP contribution in [-0.4, -0.2) is 42.3 Å². The van der Waals surface area contributed by atoms with Crippen LogP contribution in [0.1, 0.15) is 39.2 Å². The highest BCUT2D eigenvalue weighted by molar-refractivity contribution is 5.67. The van der Waals surface area contributed by atoms with Crippen LogP contribution in [0.5, 0.6) is 0 Å². The summed E-state index contributed by atoms with van der Waals surface area (Å²) < 4.78 is 5.23. The minimum absolute atomic E-state index is 0.270. The van der Waals surface area contributed by atoms with Crippen molar-refractivity contribution in [2.45, 2.75) is 51.7 Å². The molecule has 0 unspecified atom stereocenters. The highest BCUT2D eigenvalue weighted by Gasteiger charge is 2.21. The van der Waals surface area contributed by atoms with Gasteiger partial charge in [-0.15, -0.1) is 0 Å². The molecule has 23 heavy (non-hydrogen) atoms. The maximum atomic E-state index is 11.7. The van der Waals surface area contributed by atoms with E-state index in [0.29, 0.717) is 0 Å². The predicted molar refractivity (Wildman–Crippen MR) is 92.1 cm³/mol. The monoisotopic (exact) mass is 319 g/mol. The summed E-state index contributed by atoms with van der Waals surface area (Å²) in [6, 6.07) is 10.8. The van der Waals surface area contributed by atoms with Gasteiger partial charge in [0.15, 0.2) is 0 Å². The molecule has 0 bridgehead atoms. The number of likely N-dealkylation sites (tertiary alicyclic amines) is 1. The number of rotatable bonds is 5. The standard InChI is InChI=1S/C18H29N3O2/c1-18(2,3)23-17(22)20-19-16-10-7-12-21(14-16)13-11-15-8-5-4-6-9-15/h4-6,8-9,16,19H,7,10-14H2,1-3H3,(H,20,22)/t16-/m0/s1. The van der Waals surface area contributed by atoms with Crippen molar-refractivity contribution in [3.8, 4) is 0 Å². The molecule has 1 saturated heterocycles. The van der Waals surface area contributed by atoms with Crippen molar-refractivity contribution in [3.05, 3.63) is 35.9 Å². The fraction of sp³-hybridized carbons (Fsp3) is 0.611. The number of piperidine rings is 1. The van der Waals surface area contributed by atoms with Crippen LogP contribution in [0.3, 0.4) is 0 Å². The summed E-state index contributed by atoms with van der Waals surface area (Å²) in [5.74, 6) is 0. The first-order chi connectivity index (χ1) is 10.9. The van der Waals surface area contributed by atoms with Gasteiger partial charge in [0.05, 0.1) is 0 Å². The number of hydrogen-bond donors (Lipinski definition) is 2. The van der Waals surface area contributed by atoms with E-state index in [0.717, 1.165) is 38.9 Å². The molecule has 2 N–H and O–H groups in total. The molecule has 1 amide bonds. The Morgan fingerprint density at radius 3 is 2.74 bits per heavy atom. The van der Waals surface area contributed by atoms with Crippen LogP contribution in [0.2, 0.25) is 0 Å².